The van der Waals surface area contributed by atoms with E-state index in [1.165, 1.54) is 11.3 Å². The van der Waals surface area contributed by atoms with Crippen molar-refractivity contribution in [3.63, 3.8) is 0 Å². The molecule has 6 nitrogen and oxygen atoms in total. The number of nitriles is 1. The van der Waals surface area contributed by atoms with Crippen molar-refractivity contribution in [2.24, 2.45) is 5.92 Å². The monoisotopic (exact) mass is 391 g/mol. The maximum atomic E-state index is 12.8. The van der Waals surface area contributed by atoms with Crippen LogP contribution in [-0.2, 0) is 4.79 Å². The number of nitrogens with one attached hydrogen (secondary N) is 1. The molecule has 2 aromatic carbocycles. The van der Waals surface area contributed by atoms with Gasteiger partial charge in [0.25, 0.3) is 0 Å². The molecule has 1 amide bonds. The Morgan fingerprint density at radius 3 is 2.43 bits per heavy atom. The third-order valence-corrected chi connectivity index (χ3v) is 5.27. The topological polar surface area (TPSA) is 92.1 Å². The number of Topliss-reactive ketones (excluding diaryl/α,β-unsaturated/α-hetero) is 1. The van der Waals surface area contributed by atoms with Crippen LogP contribution in [0.25, 0.3) is 10.6 Å². The van der Waals surface area contributed by atoms with Gasteiger partial charge in [-0.15, -0.1) is 11.3 Å². The molecule has 0 saturated carbocycles. The molecule has 28 heavy (non-hydrogen) atoms. The first-order valence-electron chi connectivity index (χ1n) is 8.45. The normalized spacial score (nSPS) is 11.3. The molecule has 140 valence electrons. The molecule has 0 fully saturated rings. The summed E-state index contributed by atoms with van der Waals surface area (Å²) in [7, 11) is 1.54. The van der Waals surface area contributed by atoms with E-state index >= 15 is 0 Å². The Labute approximate surface area is 166 Å². The van der Waals surface area contributed by atoms with Gasteiger partial charge in [-0.05, 0) is 31.2 Å². The first-order valence-corrected chi connectivity index (χ1v) is 9.26. The standard InChI is InChI=1S/C21H17N3O3S/c1-13-19(28-21(23-13)14-6-4-3-5-7-14)18(25)17(12-22)20(26)24-15-8-10-16(27-2)11-9-15/h3-11,17H,1-2H3,(H,24,26). The van der Waals surface area contributed by atoms with Gasteiger partial charge in [-0.25, -0.2) is 4.98 Å². The van der Waals surface area contributed by atoms with Gasteiger partial charge in [-0.1, -0.05) is 30.3 Å². The average molecular weight is 391 g/mol. The number of benzene rings is 2. The van der Waals surface area contributed by atoms with Crippen LogP contribution in [0.5, 0.6) is 5.75 Å². The number of anilines is 1. The van der Waals surface area contributed by atoms with Crippen molar-refractivity contribution in [3.8, 4) is 22.4 Å². The summed E-state index contributed by atoms with van der Waals surface area (Å²) in [6, 6.07) is 17.9. The molecule has 1 atom stereocenters. The maximum absolute atomic E-state index is 12.8. The number of nitrogens with zero attached hydrogens (tertiary/aromatic N) is 2. The molecule has 0 aliphatic carbocycles. The maximum Gasteiger partial charge on any atom is 0.249 e. The quantitative estimate of drug-likeness (QED) is 0.505. The summed E-state index contributed by atoms with van der Waals surface area (Å²) in [6.07, 6.45) is 0. The fraction of sp³-hybridized carbons (Fsp3) is 0.143. The Hall–Kier alpha value is -3.50. The summed E-state index contributed by atoms with van der Waals surface area (Å²) in [4.78, 5) is 30.1. The van der Waals surface area contributed by atoms with Crippen molar-refractivity contribution in [1.29, 1.82) is 5.26 Å². The highest BCUT2D eigenvalue weighted by Crippen LogP contribution is 2.29. The van der Waals surface area contributed by atoms with Crippen molar-refractivity contribution < 1.29 is 14.3 Å². The van der Waals surface area contributed by atoms with E-state index in [9.17, 15) is 14.9 Å². The van der Waals surface area contributed by atoms with Crippen molar-refractivity contribution in [1.82, 2.24) is 4.98 Å². The molecule has 7 heteroatoms. The van der Waals surface area contributed by atoms with E-state index in [1.54, 1.807) is 38.3 Å². The second-order valence-electron chi connectivity index (χ2n) is 5.94. The van der Waals surface area contributed by atoms with E-state index in [0.717, 1.165) is 5.56 Å². The zero-order chi connectivity index (χ0) is 20.1. The second-order valence-corrected chi connectivity index (χ2v) is 6.94. The molecule has 1 heterocycles. The number of aromatic nitrogens is 1. The van der Waals surface area contributed by atoms with Crippen LogP contribution >= 0.6 is 11.3 Å². The molecule has 0 bridgehead atoms. The number of amides is 1. The molecule has 3 rings (SSSR count). The second kappa shape index (κ2) is 8.46. The molecule has 3 aromatic rings. The van der Waals surface area contributed by atoms with E-state index in [4.69, 9.17) is 4.74 Å². The van der Waals surface area contributed by atoms with Gasteiger partial charge in [0.05, 0.1) is 23.8 Å². The molecular weight excluding hydrogens is 374 g/mol. The molecule has 1 unspecified atom stereocenters. The van der Waals surface area contributed by atoms with Crippen molar-refractivity contribution in [2.45, 2.75) is 6.92 Å². The Balaban J connectivity index is 1.80. The van der Waals surface area contributed by atoms with Gasteiger partial charge in [-0.2, -0.15) is 5.26 Å². The Morgan fingerprint density at radius 1 is 1.14 bits per heavy atom. The fourth-order valence-electron chi connectivity index (χ4n) is 2.59. The van der Waals surface area contributed by atoms with Crippen molar-refractivity contribution >= 4 is 28.7 Å². The Kier molecular flexibility index (Phi) is 5.82. The summed E-state index contributed by atoms with van der Waals surface area (Å²) < 4.78 is 5.07. The summed E-state index contributed by atoms with van der Waals surface area (Å²) in [5.41, 5.74) is 1.86. The van der Waals surface area contributed by atoms with E-state index in [0.29, 0.717) is 27.0 Å². The van der Waals surface area contributed by atoms with Gasteiger partial charge in [0.2, 0.25) is 11.7 Å². The number of methoxy groups -OCH3 is 1. The van der Waals surface area contributed by atoms with Crippen LogP contribution in [0.4, 0.5) is 5.69 Å². The number of rotatable bonds is 6. The molecule has 1 N–H and O–H groups in total. The van der Waals surface area contributed by atoms with Gasteiger partial charge in [0.1, 0.15) is 10.8 Å². The third-order valence-electron chi connectivity index (χ3n) is 4.05. The molecular formula is C21H17N3O3S. The Morgan fingerprint density at radius 2 is 1.82 bits per heavy atom. The predicted octanol–water partition coefficient (Wildman–Crippen LogP) is 4.09. The number of carbonyl (C=O) groups is 2. The predicted molar refractivity (Wildman–Crippen MR) is 107 cm³/mol. The van der Waals surface area contributed by atoms with E-state index in [2.05, 4.69) is 10.3 Å². The fourth-order valence-corrected chi connectivity index (χ4v) is 3.63. The van der Waals surface area contributed by atoms with Gasteiger partial charge >= 0.3 is 0 Å². The van der Waals surface area contributed by atoms with E-state index in [-0.39, 0.29) is 0 Å². The molecule has 0 aliphatic rings. The minimum atomic E-state index is -1.45. The lowest BCUT2D eigenvalue weighted by Crippen LogP contribution is -2.28. The number of hydrogen-bond acceptors (Lipinski definition) is 6. The highest BCUT2D eigenvalue weighted by molar-refractivity contribution is 7.17. The number of aryl methyl sites for hydroxylation is 1. The van der Waals surface area contributed by atoms with Crippen LogP contribution in [0.1, 0.15) is 15.4 Å². The lowest BCUT2D eigenvalue weighted by atomic mass is 10.0. The number of ether oxygens (including phenoxy) is 1. The minimum absolute atomic E-state index is 0.315. The van der Waals surface area contributed by atoms with Crippen molar-refractivity contribution in [2.75, 3.05) is 12.4 Å². The van der Waals surface area contributed by atoms with Crippen LogP contribution < -0.4 is 10.1 Å². The number of carbonyl (C=O) groups excluding carboxylic acids is 2. The number of thiazole rings is 1. The summed E-state index contributed by atoms with van der Waals surface area (Å²) >= 11 is 1.18. The van der Waals surface area contributed by atoms with Crippen LogP contribution in [0.3, 0.4) is 0 Å². The van der Waals surface area contributed by atoms with Crippen LogP contribution in [0.2, 0.25) is 0 Å². The molecule has 0 saturated heterocycles. The SMILES string of the molecule is COc1ccc(NC(=O)C(C#N)C(=O)c2sc(-c3ccccc3)nc2C)cc1. The lowest BCUT2D eigenvalue weighted by Gasteiger charge is -2.09. The number of hydrogen-bond donors (Lipinski definition) is 1. The number of ketones is 1. The van der Waals surface area contributed by atoms with Crippen LogP contribution in [0, 0.1) is 24.2 Å². The first kappa shape index (κ1) is 19.3. The van der Waals surface area contributed by atoms with Gasteiger partial charge in [0, 0.05) is 11.3 Å². The lowest BCUT2D eigenvalue weighted by molar-refractivity contribution is -0.117. The van der Waals surface area contributed by atoms with Crippen molar-refractivity contribution in [3.05, 3.63) is 65.2 Å². The minimum Gasteiger partial charge on any atom is -0.497 e. The highest BCUT2D eigenvalue weighted by atomic mass is 32.1. The highest BCUT2D eigenvalue weighted by Gasteiger charge is 2.31. The van der Waals surface area contributed by atoms with E-state index < -0.39 is 17.6 Å². The third kappa shape index (κ3) is 4.08. The van der Waals surface area contributed by atoms with Gasteiger partial charge in [0.15, 0.2) is 5.92 Å². The summed E-state index contributed by atoms with van der Waals surface area (Å²) in [5.74, 6) is -2.04. The average Bonchev–Trinajstić information content (AvgIpc) is 3.11. The zero-order valence-corrected chi connectivity index (χ0v) is 16.1. The molecule has 1 aromatic heterocycles. The molecule has 0 radical (unpaired) electrons. The van der Waals surface area contributed by atoms with Crippen LogP contribution in [0.15, 0.2) is 54.6 Å². The first-order chi connectivity index (χ1) is 13.5. The summed E-state index contributed by atoms with van der Waals surface area (Å²) in [5, 5.41) is 12.7. The Bertz CT molecular complexity index is 1040. The van der Waals surface area contributed by atoms with Crippen LogP contribution in [-0.4, -0.2) is 23.8 Å². The molecule has 0 aliphatic heterocycles. The largest absolute Gasteiger partial charge is 0.497 e. The van der Waals surface area contributed by atoms with Gasteiger partial charge in [-0.3, -0.25) is 9.59 Å². The summed E-state index contributed by atoms with van der Waals surface area (Å²) in [6.45, 7) is 1.70. The smallest absolute Gasteiger partial charge is 0.249 e. The zero-order valence-electron chi connectivity index (χ0n) is 15.3. The van der Waals surface area contributed by atoms with Gasteiger partial charge < -0.3 is 10.1 Å². The molecule has 0 spiro atoms. The van der Waals surface area contributed by atoms with E-state index in [1.807, 2.05) is 36.4 Å².